The number of likely N-dealkylation sites (tertiary alicyclic amines) is 2. The number of hydrogen-bond acceptors (Lipinski definition) is 3. The average molecular weight is 279 g/mol. The quantitative estimate of drug-likeness (QED) is 0.853. The lowest BCUT2D eigenvalue weighted by atomic mass is 9.84. The molecule has 3 aliphatic rings. The first-order valence-corrected chi connectivity index (χ1v) is 8.50. The van der Waals surface area contributed by atoms with E-state index in [1.165, 1.54) is 45.2 Å². The molecule has 3 atom stereocenters. The van der Waals surface area contributed by atoms with E-state index in [4.69, 9.17) is 5.73 Å². The van der Waals surface area contributed by atoms with Gasteiger partial charge in [-0.3, -0.25) is 9.69 Å². The Morgan fingerprint density at radius 3 is 2.60 bits per heavy atom. The van der Waals surface area contributed by atoms with Crippen LogP contribution < -0.4 is 5.73 Å². The number of rotatable bonds is 3. The minimum absolute atomic E-state index is 0.331. The predicted octanol–water partition coefficient (Wildman–Crippen LogP) is 1.59. The summed E-state index contributed by atoms with van der Waals surface area (Å²) in [6, 6.07) is 0.965. The largest absolute Gasteiger partial charge is 0.341 e. The molecule has 2 saturated heterocycles. The third-order valence-corrected chi connectivity index (χ3v) is 5.46. The van der Waals surface area contributed by atoms with E-state index in [1.807, 2.05) is 0 Å². The van der Waals surface area contributed by atoms with Gasteiger partial charge < -0.3 is 10.6 Å². The second-order valence-electron chi connectivity index (χ2n) is 7.02. The standard InChI is InChI=1S/C16H29N3O/c17-14-5-3-4-13(10-14)11-16(20)19-9-6-15(12-19)18-7-1-2-8-18/h13-15H,1-12,17H2. The SMILES string of the molecule is NC1CCCC(CC(=O)N2CCC(N3CCCC3)C2)C1. The summed E-state index contributed by atoms with van der Waals surface area (Å²) < 4.78 is 0. The van der Waals surface area contributed by atoms with Crippen LogP contribution in [0.2, 0.25) is 0 Å². The predicted molar refractivity (Wildman–Crippen MR) is 80.3 cm³/mol. The Kier molecular flexibility index (Phi) is 4.61. The van der Waals surface area contributed by atoms with E-state index in [-0.39, 0.29) is 0 Å². The zero-order valence-electron chi connectivity index (χ0n) is 12.6. The molecule has 20 heavy (non-hydrogen) atoms. The van der Waals surface area contributed by atoms with Gasteiger partial charge in [0.15, 0.2) is 0 Å². The summed E-state index contributed by atoms with van der Waals surface area (Å²) in [5, 5.41) is 0. The van der Waals surface area contributed by atoms with Gasteiger partial charge in [0.25, 0.3) is 0 Å². The first-order chi connectivity index (χ1) is 9.72. The summed E-state index contributed by atoms with van der Waals surface area (Å²) >= 11 is 0. The number of nitrogens with zero attached hydrogens (tertiary/aromatic N) is 2. The Balaban J connectivity index is 1.46. The Labute approximate surface area is 122 Å². The van der Waals surface area contributed by atoms with Gasteiger partial charge in [-0.1, -0.05) is 6.42 Å². The molecule has 1 saturated carbocycles. The van der Waals surface area contributed by atoms with Crippen molar-refractivity contribution in [3.8, 4) is 0 Å². The first kappa shape index (κ1) is 14.3. The van der Waals surface area contributed by atoms with Crippen molar-refractivity contribution in [2.45, 2.75) is 63.5 Å². The van der Waals surface area contributed by atoms with Crippen molar-refractivity contribution in [3.63, 3.8) is 0 Å². The van der Waals surface area contributed by atoms with Gasteiger partial charge in [-0.05, 0) is 57.5 Å². The molecular weight excluding hydrogens is 250 g/mol. The van der Waals surface area contributed by atoms with Crippen LogP contribution in [0.1, 0.15) is 51.4 Å². The summed E-state index contributed by atoms with van der Waals surface area (Å²) in [7, 11) is 0. The van der Waals surface area contributed by atoms with Gasteiger partial charge >= 0.3 is 0 Å². The van der Waals surface area contributed by atoms with Crippen LogP contribution in [-0.2, 0) is 4.79 Å². The molecule has 3 rings (SSSR count). The minimum Gasteiger partial charge on any atom is -0.341 e. The minimum atomic E-state index is 0.331. The zero-order chi connectivity index (χ0) is 13.9. The van der Waals surface area contributed by atoms with E-state index in [2.05, 4.69) is 9.80 Å². The molecule has 1 aliphatic carbocycles. The molecule has 0 spiro atoms. The van der Waals surface area contributed by atoms with Crippen molar-refractivity contribution >= 4 is 5.91 Å². The summed E-state index contributed by atoms with van der Waals surface area (Å²) in [6.45, 7) is 4.42. The summed E-state index contributed by atoms with van der Waals surface area (Å²) in [5.41, 5.74) is 6.03. The molecule has 2 heterocycles. The second-order valence-corrected chi connectivity index (χ2v) is 7.02. The van der Waals surface area contributed by atoms with Crippen LogP contribution in [0.3, 0.4) is 0 Å². The normalized spacial score (nSPS) is 35.6. The molecule has 2 N–H and O–H groups in total. The van der Waals surface area contributed by atoms with Crippen LogP contribution in [0.25, 0.3) is 0 Å². The van der Waals surface area contributed by atoms with Crippen molar-refractivity contribution < 1.29 is 4.79 Å². The highest BCUT2D eigenvalue weighted by Gasteiger charge is 2.32. The van der Waals surface area contributed by atoms with Gasteiger partial charge in [0, 0.05) is 31.6 Å². The van der Waals surface area contributed by atoms with Crippen LogP contribution >= 0.6 is 0 Å². The number of carbonyl (C=O) groups is 1. The fourth-order valence-corrected chi connectivity index (χ4v) is 4.27. The van der Waals surface area contributed by atoms with E-state index in [0.29, 0.717) is 23.9 Å². The fourth-order valence-electron chi connectivity index (χ4n) is 4.27. The zero-order valence-corrected chi connectivity index (χ0v) is 12.6. The highest BCUT2D eigenvalue weighted by molar-refractivity contribution is 5.76. The molecule has 3 fully saturated rings. The molecular formula is C16H29N3O. The molecule has 4 nitrogen and oxygen atoms in total. The lowest BCUT2D eigenvalue weighted by Gasteiger charge is -2.28. The molecule has 0 radical (unpaired) electrons. The van der Waals surface area contributed by atoms with Crippen LogP contribution in [0, 0.1) is 5.92 Å². The number of nitrogens with two attached hydrogens (primary N) is 1. The lowest BCUT2D eigenvalue weighted by Crippen LogP contribution is -2.38. The average Bonchev–Trinajstić information content (AvgIpc) is 3.10. The smallest absolute Gasteiger partial charge is 0.222 e. The first-order valence-electron chi connectivity index (χ1n) is 8.50. The number of carbonyl (C=O) groups excluding carboxylic acids is 1. The Morgan fingerprint density at radius 2 is 1.85 bits per heavy atom. The maximum atomic E-state index is 12.4. The van der Waals surface area contributed by atoms with Gasteiger partial charge in [0.05, 0.1) is 0 Å². The summed E-state index contributed by atoms with van der Waals surface area (Å²) in [6.07, 6.45) is 9.18. The molecule has 0 bridgehead atoms. The van der Waals surface area contributed by atoms with E-state index in [9.17, 15) is 4.79 Å². The van der Waals surface area contributed by atoms with Crippen molar-refractivity contribution in [2.75, 3.05) is 26.2 Å². The van der Waals surface area contributed by atoms with E-state index < -0.39 is 0 Å². The van der Waals surface area contributed by atoms with Gasteiger partial charge in [-0.2, -0.15) is 0 Å². The van der Waals surface area contributed by atoms with Gasteiger partial charge in [-0.15, -0.1) is 0 Å². The molecule has 4 heteroatoms. The number of amides is 1. The van der Waals surface area contributed by atoms with Gasteiger partial charge in [-0.25, -0.2) is 0 Å². The third-order valence-electron chi connectivity index (χ3n) is 5.46. The van der Waals surface area contributed by atoms with E-state index >= 15 is 0 Å². The van der Waals surface area contributed by atoms with E-state index in [1.54, 1.807) is 0 Å². The summed E-state index contributed by atoms with van der Waals surface area (Å²) in [4.78, 5) is 17.1. The monoisotopic (exact) mass is 279 g/mol. The van der Waals surface area contributed by atoms with Crippen LogP contribution in [0.5, 0.6) is 0 Å². The molecule has 0 aromatic heterocycles. The highest BCUT2D eigenvalue weighted by Crippen LogP contribution is 2.28. The Bertz CT molecular complexity index is 341. The van der Waals surface area contributed by atoms with Gasteiger partial charge in [0.1, 0.15) is 0 Å². The Morgan fingerprint density at radius 1 is 1.05 bits per heavy atom. The lowest BCUT2D eigenvalue weighted by molar-refractivity contribution is -0.131. The van der Waals surface area contributed by atoms with Gasteiger partial charge in [0.2, 0.25) is 5.91 Å². The molecule has 0 aromatic rings. The molecule has 1 amide bonds. The molecule has 3 unspecified atom stereocenters. The van der Waals surface area contributed by atoms with Crippen molar-refractivity contribution in [1.29, 1.82) is 0 Å². The van der Waals surface area contributed by atoms with Crippen LogP contribution in [0.4, 0.5) is 0 Å². The van der Waals surface area contributed by atoms with E-state index in [0.717, 1.165) is 32.4 Å². The maximum absolute atomic E-state index is 12.4. The highest BCUT2D eigenvalue weighted by atomic mass is 16.2. The van der Waals surface area contributed by atoms with Crippen molar-refractivity contribution in [1.82, 2.24) is 9.80 Å². The number of hydrogen-bond donors (Lipinski definition) is 1. The molecule has 114 valence electrons. The Hall–Kier alpha value is -0.610. The topological polar surface area (TPSA) is 49.6 Å². The molecule has 0 aromatic carbocycles. The fraction of sp³-hybridized carbons (Fsp3) is 0.938. The van der Waals surface area contributed by atoms with Crippen molar-refractivity contribution in [3.05, 3.63) is 0 Å². The van der Waals surface area contributed by atoms with Crippen molar-refractivity contribution in [2.24, 2.45) is 11.7 Å². The maximum Gasteiger partial charge on any atom is 0.222 e. The van der Waals surface area contributed by atoms with Crippen LogP contribution in [-0.4, -0.2) is 54.0 Å². The van der Waals surface area contributed by atoms with Crippen LogP contribution in [0.15, 0.2) is 0 Å². The third kappa shape index (κ3) is 3.34. The summed E-state index contributed by atoms with van der Waals surface area (Å²) in [5.74, 6) is 0.919. The molecule has 2 aliphatic heterocycles. The second kappa shape index (κ2) is 6.44.